The molecule has 0 saturated carbocycles. The van der Waals surface area contributed by atoms with E-state index in [1.807, 2.05) is 0 Å². The van der Waals surface area contributed by atoms with E-state index < -0.39 is 33.5 Å². The molecule has 194 valence electrons. The number of nitrogens with two attached hydrogens (primary N) is 2. The number of carbonyl (C=O) groups is 2. The molecule has 0 spiro atoms. The van der Waals surface area contributed by atoms with E-state index in [2.05, 4.69) is 14.4 Å². The zero-order valence-corrected chi connectivity index (χ0v) is 20.8. The summed E-state index contributed by atoms with van der Waals surface area (Å²) in [5.41, 5.74) is 10.4. The van der Waals surface area contributed by atoms with Gasteiger partial charge < -0.3 is 21.0 Å². The summed E-state index contributed by atoms with van der Waals surface area (Å²) in [6, 6.07) is 6.54. The summed E-state index contributed by atoms with van der Waals surface area (Å²) in [6.07, 6.45) is -0.351. The molecule has 1 aliphatic rings. The van der Waals surface area contributed by atoms with Crippen molar-refractivity contribution in [2.75, 3.05) is 18.9 Å². The standard InChI is InChI=1S/C20H24N6O8S2/c1-20(2)13(18(28)26(20)34-36(29,30)31)9-15(27)16(14-10-35-19(23)24-14)25-33-8-7-32-12-5-3-11(4-6-12)17(21)22/h3-6,10,13H,7-9H2,1-2H3,(H3,21,22)(H2,23,24)(H,29,30,31)/b25-16-/t13-/m1/s1. The number of ketones is 1. The number of Topliss-reactive ketones (excluding diaryl/α,β-unsaturated/α-hetero) is 1. The Hall–Kier alpha value is -3.60. The van der Waals surface area contributed by atoms with E-state index in [9.17, 15) is 18.0 Å². The first-order valence-corrected chi connectivity index (χ1v) is 12.6. The minimum absolute atomic E-state index is 0.0330. The Morgan fingerprint density at radius 2 is 1.97 bits per heavy atom. The highest BCUT2D eigenvalue weighted by Gasteiger charge is 2.57. The summed E-state index contributed by atoms with van der Waals surface area (Å²) in [5, 5.41) is 13.4. The average molecular weight is 541 g/mol. The normalized spacial score (nSPS) is 17.4. The molecule has 2 heterocycles. The highest BCUT2D eigenvalue weighted by molar-refractivity contribution is 7.80. The Bertz CT molecular complexity index is 1290. The molecule has 0 bridgehead atoms. The maximum atomic E-state index is 13.0. The Labute approximate surface area is 210 Å². The van der Waals surface area contributed by atoms with Gasteiger partial charge in [-0.15, -0.1) is 15.6 Å². The molecule has 1 atom stereocenters. The fourth-order valence-corrected chi connectivity index (χ4v) is 4.33. The van der Waals surface area contributed by atoms with Gasteiger partial charge in [0.1, 0.15) is 23.9 Å². The van der Waals surface area contributed by atoms with Crippen molar-refractivity contribution in [3.63, 3.8) is 0 Å². The smallest absolute Gasteiger partial charge is 0.418 e. The molecule has 36 heavy (non-hydrogen) atoms. The Kier molecular flexibility index (Phi) is 7.92. The molecule has 1 amide bonds. The Morgan fingerprint density at radius 1 is 1.31 bits per heavy atom. The van der Waals surface area contributed by atoms with Crippen LogP contribution in [0.15, 0.2) is 34.8 Å². The van der Waals surface area contributed by atoms with Crippen LogP contribution in [0, 0.1) is 11.3 Å². The van der Waals surface area contributed by atoms with Crippen LogP contribution in [-0.4, -0.2) is 65.0 Å². The molecule has 14 nitrogen and oxygen atoms in total. The van der Waals surface area contributed by atoms with Crippen LogP contribution in [0.1, 0.15) is 31.5 Å². The van der Waals surface area contributed by atoms with Crippen LogP contribution in [0.5, 0.6) is 5.75 Å². The monoisotopic (exact) mass is 540 g/mol. The fraction of sp³-hybridized carbons (Fsp3) is 0.350. The van der Waals surface area contributed by atoms with Crippen molar-refractivity contribution in [1.82, 2.24) is 10.0 Å². The molecule has 3 rings (SSSR count). The summed E-state index contributed by atoms with van der Waals surface area (Å²) < 4.78 is 40.7. The topological polar surface area (TPSA) is 221 Å². The lowest BCUT2D eigenvalue weighted by molar-refractivity contribution is -0.228. The first-order chi connectivity index (χ1) is 16.8. The number of hydroxylamine groups is 2. The zero-order chi connectivity index (χ0) is 26.7. The van der Waals surface area contributed by atoms with Crippen molar-refractivity contribution in [2.24, 2.45) is 16.8 Å². The fourth-order valence-electron chi connectivity index (χ4n) is 3.32. The van der Waals surface area contributed by atoms with Gasteiger partial charge in [0.05, 0.1) is 11.5 Å². The van der Waals surface area contributed by atoms with Crippen LogP contribution in [-0.2, 0) is 29.1 Å². The minimum Gasteiger partial charge on any atom is -0.490 e. The van der Waals surface area contributed by atoms with Gasteiger partial charge in [-0.1, -0.05) is 5.16 Å². The number of β-lactam (4-membered cyclic amide) rings is 1. The predicted octanol–water partition coefficient (Wildman–Crippen LogP) is 0.740. The van der Waals surface area contributed by atoms with Crippen molar-refractivity contribution < 1.29 is 36.4 Å². The number of nitrogens with zero attached hydrogens (tertiary/aromatic N) is 3. The summed E-state index contributed by atoms with van der Waals surface area (Å²) in [6.45, 7) is 3.01. The van der Waals surface area contributed by atoms with E-state index in [-0.39, 0.29) is 42.0 Å². The first-order valence-electron chi connectivity index (χ1n) is 10.3. The molecule has 16 heteroatoms. The molecular formula is C20H24N6O8S2. The highest BCUT2D eigenvalue weighted by Crippen LogP contribution is 2.40. The number of benzene rings is 1. The second-order valence-corrected chi connectivity index (χ2v) is 9.99. The van der Waals surface area contributed by atoms with Crippen molar-refractivity contribution in [1.29, 1.82) is 5.41 Å². The number of hydrogen-bond donors (Lipinski definition) is 4. The van der Waals surface area contributed by atoms with E-state index in [1.54, 1.807) is 24.3 Å². The third kappa shape index (κ3) is 6.34. The van der Waals surface area contributed by atoms with Gasteiger partial charge in [-0.2, -0.15) is 13.5 Å². The quantitative estimate of drug-likeness (QED) is 0.0734. The van der Waals surface area contributed by atoms with Gasteiger partial charge in [-0.3, -0.25) is 19.6 Å². The summed E-state index contributed by atoms with van der Waals surface area (Å²) in [5.74, 6) is -1.90. The molecular weight excluding hydrogens is 516 g/mol. The lowest BCUT2D eigenvalue weighted by Gasteiger charge is -2.50. The number of nitrogen functional groups attached to an aromatic ring is 2. The number of thiazole rings is 1. The summed E-state index contributed by atoms with van der Waals surface area (Å²) in [4.78, 5) is 34.7. The van der Waals surface area contributed by atoms with Gasteiger partial charge in [0.25, 0.3) is 5.91 Å². The summed E-state index contributed by atoms with van der Waals surface area (Å²) in [7, 11) is -4.91. The predicted molar refractivity (Wildman–Crippen MR) is 129 cm³/mol. The number of anilines is 1. The first kappa shape index (κ1) is 27.0. The third-order valence-electron chi connectivity index (χ3n) is 5.23. The van der Waals surface area contributed by atoms with Crippen LogP contribution in [0.4, 0.5) is 5.13 Å². The number of rotatable bonds is 12. The molecule has 1 saturated heterocycles. The van der Waals surface area contributed by atoms with Gasteiger partial charge in [0.2, 0.25) is 0 Å². The van der Waals surface area contributed by atoms with Crippen molar-refractivity contribution in [3.8, 4) is 5.75 Å². The van der Waals surface area contributed by atoms with Crippen LogP contribution in [0.2, 0.25) is 0 Å². The SMILES string of the molecule is CC1(C)[C@H](CC(=O)/C(=N\OCCOc2ccc(C(=N)N)cc2)c2csc(N)n2)C(=O)N1OS(=O)(=O)O. The number of amides is 1. The van der Waals surface area contributed by atoms with Crippen molar-refractivity contribution in [3.05, 3.63) is 40.9 Å². The van der Waals surface area contributed by atoms with Crippen LogP contribution in [0.25, 0.3) is 0 Å². The van der Waals surface area contributed by atoms with Crippen molar-refractivity contribution in [2.45, 2.75) is 25.8 Å². The van der Waals surface area contributed by atoms with Crippen LogP contribution in [0.3, 0.4) is 0 Å². The molecule has 1 aromatic heterocycles. The van der Waals surface area contributed by atoms with E-state index >= 15 is 0 Å². The number of ether oxygens (including phenoxy) is 1. The molecule has 1 aromatic carbocycles. The molecule has 6 N–H and O–H groups in total. The van der Waals surface area contributed by atoms with Gasteiger partial charge in [0.15, 0.2) is 23.2 Å². The number of amidine groups is 1. The van der Waals surface area contributed by atoms with E-state index in [0.29, 0.717) is 16.4 Å². The molecule has 0 radical (unpaired) electrons. The second kappa shape index (κ2) is 10.6. The number of nitrogens with one attached hydrogen (secondary N) is 1. The molecule has 0 aliphatic carbocycles. The molecule has 0 unspecified atom stereocenters. The number of carbonyl (C=O) groups excluding carboxylic acids is 2. The Morgan fingerprint density at radius 3 is 2.50 bits per heavy atom. The van der Waals surface area contributed by atoms with Crippen molar-refractivity contribution >= 4 is 50.1 Å². The maximum absolute atomic E-state index is 13.0. The van der Waals surface area contributed by atoms with Gasteiger partial charge in [0, 0.05) is 17.4 Å². The number of hydrogen-bond acceptors (Lipinski definition) is 12. The number of oxime groups is 1. The second-order valence-electron chi connectivity index (χ2n) is 8.10. The summed E-state index contributed by atoms with van der Waals surface area (Å²) >= 11 is 1.08. The average Bonchev–Trinajstić information content (AvgIpc) is 3.23. The maximum Gasteiger partial charge on any atom is 0.418 e. The van der Waals surface area contributed by atoms with Gasteiger partial charge >= 0.3 is 10.4 Å². The molecule has 1 fully saturated rings. The van der Waals surface area contributed by atoms with Gasteiger partial charge in [-0.25, -0.2) is 4.98 Å². The van der Waals surface area contributed by atoms with E-state index in [0.717, 1.165) is 11.3 Å². The zero-order valence-electron chi connectivity index (χ0n) is 19.2. The minimum atomic E-state index is -4.91. The lowest BCUT2D eigenvalue weighted by Crippen LogP contribution is -2.68. The third-order valence-corrected chi connectivity index (χ3v) is 6.24. The van der Waals surface area contributed by atoms with Gasteiger partial charge in [-0.05, 0) is 38.1 Å². The van der Waals surface area contributed by atoms with Crippen LogP contribution >= 0.6 is 11.3 Å². The number of aromatic nitrogens is 1. The highest BCUT2D eigenvalue weighted by atomic mass is 32.3. The largest absolute Gasteiger partial charge is 0.490 e. The van der Waals surface area contributed by atoms with Crippen LogP contribution < -0.4 is 16.2 Å². The Balaban J connectivity index is 1.64. The van der Waals surface area contributed by atoms with E-state index in [4.69, 9.17) is 31.0 Å². The molecule has 2 aromatic rings. The lowest BCUT2D eigenvalue weighted by atomic mass is 9.74. The van der Waals surface area contributed by atoms with E-state index in [1.165, 1.54) is 19.2 Å². The molecule has 1 aliphatic heterocycles.